The van der Waals surface area contributed by atoms with Crippen LogP contribution in [-0.4, -0.2) is 76.5 Å². The molecule has 44 heavy (non-hydrogen) atoms. The fraction of sp³-hybridized carbons (Fsp3) is 0.267. The van der Waals surface area contributed by atoms with E-state index in [1.807, 2.05) is 0 Å². The van der Waals surface area contributed by atoms with Crippen molar-refractivity contribution in [2.75, 3.05) is 31.9 Å². The number of sulfonamides is 2. The Hall–Kier alpha value is -4.24. The average molecular weight is 639 g/mol. The minimum absolute atomic E-state index is 0.114. The first kappa shape index (κ1) is 31.2. The van der Waals surface area contributed by atoms with Gasteiger partial charge in [0.05, 0.1) is 35.8 Å². The Morgan fingerprint density at radius 2 is 1.52 bits per heavy atom. The molecular weight excluding hydrogens is 604 g/mol. The largest absolute Gasteiger partial charge is 0.464 e. The SMILES string of the molecule is C=Cc1ccoc1/C=C\CS(=O)(=O)N(CCCN(CCn1ccnc1)S(=O)(=O)c1ccc2occc2c1)CCn1ccnc1. The number of imidazole rings is 2. The third kappa shape index (κ3) is 7.63. The number of hydrogen-bond donors (Lipinski definition) is 0. The second-order valence-corrected chi connectivity index (χ2v) is 14.0. The van der Waals surface area contributed by atoms with Gasteiger partial charge in [-0.15, -0.1) is 0 Å². The molecule has 0 fully saturated rings. The van der Waals surface area contributed by atoms with E-state index in [-0.39, 0.29) is 43.2 Å². The van der Waals surface area contributed by atoms with E-state index in [2.05, 4.69) is 16.5 Å². The summed E-state index contributed by atoms with van der Waals surface area (Å²) in [5.74, 6) is 0.272. The second-order valence-electron chi connectivity index (χ2n) is 10.0. The van der Waals surface area contributed by atoms with Crippen LogP contribution in [0.5, 0.6) is 0 Å². The van der Waals surface area contributed by atoms with Crippen molar-refractivity contribution in [3.05, 3.63) is 104 Å². The predicted molar refractivity (Wildman–Crippen MR) is 167 cm³/mol. The van der Waals surface area contributed by atoms with Gasteiger partial charge in [0.15, 0.2) is 0 Å². The van der Waals surface area contributed by atoms with E-state index in [0.29, 0.717) is 29.8 Å². The summed E-state index contributed by atoms with van der Waals surface area (Å²) in [6.45, 7) is 5.14. The number of benzene rings is 1. The maximum atomic E-state index is 13.8. The fourth-order valence-electron chi connectivity index (χ4n) is 4.73. The van der Waals surface area contributed by atoms with Crippen molar-refractivity contribution in [1.82, 2.24) is 27.7 Å². The van der Waals surface area contributed by atoms with Gasteiger partial charge in [-0.25, -0.2) is 26.8 Å². The molecule has 0 aliphatic rings. The molecule has 0 N–H and O–H groups in total. The molecule has 14 heteroatoms. The van der Waals surface area contributed by atoms with Crippen molar-refractivity contribution in [1.29, 1.82) is 0 Å². The van der Waals surface area contributed by atoms with Crippen LogP contribution in [0.2, 0.25) is 0 Å². The maximum Gasteiger partial charge on any atom is 0.243 e. The van der Waals surface area contributed by atoms with Crippen LogP contribution in [0.3, 0.4) is 0 Å². The van der Waals surface area contributed by atoms with Gasteiger partial charge >= 0.3 is 0 Å². The molecule has 4 heterocycles. The molecule has 0 radical (unpaired) electrons. The van der Waals surface area contributed by atoms with Gasteiger partial charge in [0.2, 0.25) is 20.0 Å². The Kier molecular flexibility index (Phi) is 9.95. The van der Waals surface area contributed by atoms with E-state index in [4.69, 9.17) is 8.83 Å². The van der Waals surface area contributed by atoms with Crippen molar-refractivity contribution < 1.29 is 25.7 Å². The summed E-state index contributed by atoms with van der Waals surface area (Å²) in [6, 6.07) is 8.21. The molecule has 0 saturated heterocycles. The summed E-state index contributed by atoms with van der Waals surface area (Å²) >= 11 is 0. The number of hydrogen-bond acceptors (Lipinski definition) is 8. The molecule has 5 aromatic rings. The van der Waals surface area contributed by atoms with Crippen LogP contribution in [0.4, 0.5) is 0 Å². The first-order valence-corrected chi connectivity index (χ1v) is 17.0. The van der Waals surface area contributed by atoms with Crippen molar-refractivity contribution in [2.24, 2.45) is 0 Å². The zero-order chi connectivity index (χ0) is 31.0. The number of aromatic nitrogens is 4. The molecule has 0 amide bonds. The molecule has 0 saturated carbocycles. The lowest BCUT2D eigenvalue weighted by Crippen LogP contribution is -2.39. The molecule has 4 aromatic heterocycles. The van der Waals surface area contributed by atoms with E-state index in [1.165, 1.54) is 27.2 Å². The molecular formula is C30H34N6O6S2. The van der Waals surface area contributed by atoms with E-state index in [9.17, 15) is 16.8 Å². The highest BCUT2D eigenvalue weighted by atomic mass is 32.2. The Labute approximate surface area is 256 Å². The molecule has 0 bridgehead atoms. The lowest BCUT2D eigenvalue weighted by molar-refractivity contribution is 0.344. The molecule has 1 aromatic carbocycles. The summed E-state index contributed by atoms with van der Waals surface area (Å²) in [5.41, 5.74) is 1.36. The summed E-state index contributed by atoms with van der Waals surface area (Å²) < 4.78 is 71.8. The number of furan rings is 2. The van der Waals surface area contributed by atoms with Gasteiger partial charge in [-0.3, -0.25) is 0 Å². The Morgan fingerprint density at radius 1 is 0.841 bits per heavy atom. The zero-order valence-corrected chi connectivity index (χ0v) is 25.7. The quantitative estimate of drug-likeness (QED) is 0.148. The Balaban J connectivity index is 1.31. The monoisotopic (exact) mass is 638 g/mol. The minimum atomic E-state index is -3.90. The smallest absolute Gasteiger partial charge is 0.243 e. The normalized spacial score (nSPS) is 12.7. The van der Waals surface area contributed by atoms with Gasteiger partial charge in [0, 0.05) is 75.0 Å². The Bertz CT molecular complexity index is 1890. The molecule has 0 aliphatic heterocycles. The standard InChI is InChI=1S/C30H34N6O6S2/c1-2-26-8-20-41-29(26)5-3-22-43(37,38)35(18-16-33-14-10-31-24-33)12-4-13-36(19-17-34-15-11-32-25-34)44(39,40)28-6-7-30-27(23-28)9-21-42-30/h2-3,5-11,14-15,20-21,23-25H,1,4,12-13,16-19,22H2/b5-3-. The second kappa shape index (κ2) is 14.0. The predicted octanol–water partition coefficient (Wildman–Crippen LogP) is 4.19. The highest BCUT2D eigenvalue weighted by molar-refractivity contribution is 7.89. The molecule has 5 rings (SSSR count). The fourth-order valence-corrected chi connectivity index (χ4v) is 7.55. The first-order chi connectivity index (χ1) is 21.3. The van der Waals surface area contributed by atoms with E-state index in [1.54, 1.807) is 89.1 Å². The van der Waals surface area contributed by atoms with Gasteiger partial charge in [0.1, 0.15) is 11.3 Å². The minimum Gasteiger partial charge on any atom is -0.464 e. The Morgan fingerprint density at radius 3 is 2.20 bits per heavy atom. The highest BCUT2D eigenvalue weighted by Crippen LogP contribution is 2.23. The first-order valence-electron chi connectivity index (χ1n) is 14.0. The lowest BCUT2D eigenvalue weighted by atomic mass is 10.2. The number of fused-ring (bicyclic) bond motifs is 1. The summed E-state index contributed by atoms with van der Waals surface area (Å²) in [4.78, 5) is 8.22. The summed E-state index contributed by atoms with van der Waals surface area (Å²) in [7, 11) is -7.65. The topological polar surface area (TPSA) is 137 Å². The zero-order valence-electron chi connectivity index (χ0n) is 24.1. The van der Waals surface area contributed by atoms with Crippen LogP contribution in [0.1, 0.15) is 17.7 Å². The number of nitrogens with zero attached hydrogens (tertiary/aromatic N) is 6. The number of rotatable bonds is 17. The molecule has 0 aliphatic carbocycles. The molecule has 0 unspecified atom stereocenters. The van der Waals surface area contributed by atoms with Crippen LogP contribution in [0, 0.1) is 0 Å². The highest BCUT2D eigenvalue weighted by Gasteiger charge is 2.26. The molecule has 0 spiro atoms. The van der Waals surface area contributed by atoms with Gasteiger partial charge in [-0.2, -0.15) is 8.61 Å². The molecule has 12 nitrogen and oxygen atoms in total. The van der Waals surface area contributed by atoms with Crippen LogP contribution in [0.15, 0.2) is 107 Å². The van der Waals surface area contributed by atoms with Crippen LogP contribution in [0.25, 0.3) is 23.1 Å². The lowest BCUT2D eigenvalue weighted by Gasteiger charge is -2.25. The van der Waals surface area contributed by atoms with Crippen LogP contribution >= 0.6 is 0 Å². The van der Waals surface area contributed by atoms with E-state index in [0.717, 1.165) is 5.56 Å². The van der Waals surface area contributed by atoms with Gasteiger partial charge in [-0.1, -0.05) is 18.7 Å². The third-order valence-electron chi connectivity index (χ3n) is 7.13. The van der Waals surface area contributed by atoms with Crippen LogP contribution < -0.4 is 0 Å². The van der Waals surface area contributed by atoms with Crippen LogP contribution in [-0.2, 0) is 33.1 Å². The van der Waals surface area contributed by atoms with Gasteiger partial charge < -0.3 is 18.0 Å². The van der Waals surface area contributed by atoms with E-state index >= 15 is 0 Å². The van der Waals surface area contributed by atoms with E-state index < -0.39 is 20.0 Å². The average Bonchev–Trinajstić information content (AvgIpc) is 3.84. The molecule has 232 valence electrons. The van der Waals surface area contributed by atoms with Crippen molar-refractivity contribution >= 4 is 43.2 Å². The maximum absolute atomic E-state index is 13.8. The summed E-state index contributed by atoms with van der Waals surface area (Å²) in [5, 5.41) is 0.681. The van der Waals surface area contributed by atoms with Crippen molar-refractivity contribution in [3.8, 4) is 0 Å². The van der Waals surface area contributed by atoms with Gasteiger partial charge in [-0.05, 0) is 42.8 Å². The van der Waals surface area contributed by atoms with Gasteiger partial charge in [0.25, 0.3) is 0 Å². The molecule has 0 atom stereocenters. The third-order valence-corrected chi connectivity index (χ3v) is 10.8. The van der Waals surface area contributed by atoms with Crippen molar-refractivity contribution in [3.63, 3.8) is 0 Å². The summed E-state index contributed by atoms with van der Waals surface area (Å²) in [6.07, 6.45) is 18.1. The van der Waals surface area contributed by atoms with Crippen molar-refractivity contribution in [2.45, 2.75) is 24.4 Å².